The molecule has 2 heterocycles. The molecule has 2 N–H and O–H groups in total. The summed E-state index contributed by atoms with van der Waals surface area (Å²) in [5, 5.41) is 4.49. The molecule has 0 aliphatic carbocycles. The third kappa shape index (κ3) is 3.92. The topological polar surface area (TPSA) is 82.0 Å². The summed E-state index contributed by atoms with van der Waals surface area (Å²) < 4.78 is 1.88. The zero-order valence-corrected chi connectivity index (χ0v) is 13.1. The minimum atomic E-state index is 0.302. The number of aliphatic imine (C=N–C) groups is 1. The number of halogens is 1. The zero-order chi connectivity index (χ0) is 16.1. The average Bonchev–Trinajstić information content (AvgIpc) is 3.05. The molecule has 3 aromatic rings. The molecule has 0 atom stereocenters. The van der Waals surface area contributed by atoms with Crippen LogP contribution in [0.1, 0.15) is 16.7 Å². The Morgan fingerprint density at radius 3 is 2.65 bits per heavy atom. The highest BCUT2D eigenvalue weighted by Gasteiger charge is 2.03. The highest BCUT2D eigenvalue weighted by molar-refractivity contribution is 6.32. The van der Waals surface area contributed by atoms with Crippen LogP contribution < -0.4 is 5.73 Å². The van der Waals surface area contributed by atoms with Gasteiger partial charge in [-0.1, -0.05) is 35.9 Å². The van der Waals surface area contributed by atoms with E-state index in [0.29, 0.717) is 23.1 Å². The van der Waals surface area contributed by atoms with Crippen molar-refractivity contribution in [3.63, 3.8) is 0 Å². The van der Waals surface area contributed by atoms with Crippen LogP contribution in [0, 0.1) is 0 Å². The highest BCUT2D eigenvalue weighted by Crippen LogP contribution is 2.14. The molecule has 0 bridgehead atoms. The van der Waals surface area contributed by atoms with E-state index in [1.807, 2.05) is 29.1 Å². The van der Waals surface area contributed by atoms with Crippen LogP contribution in [0.3, 0.4) is 0 Å². The Labute approximate surface area is 138 Å². The number of hydrogen-bond donors (Lipinski definition) is 1. The van der Waals surface area contributed by atoms with E-state index in [4.69, 9.17) is 17.3 Å². The normalized spacial score (nSPS) is 11.2. The third-order valence-electron chi connectivity index (χ3n) is 3.29. The molecule has 1 aromatic carbocycles. The number of rotatable bonds is 5. The lowest BCUT2D eigenvalue weighted by Crippen LogP contribution is -2.00. The Balaban J connectivity index is 1.63. The molecule has 116 valence electrons. The van der Waals surface area contributed by atoms with Crippen molar-refractivity contribution >= 4 is 23.6 Å². The van der Waals surface area contributed by atoms with E-state index in [9.17, 15) is 0 Å². The molecule has 0 amide bonds. The second-order valence-corrected chi connectivity index (χ2v) is 5.31. The van der Waals surface area contributed by atoms with Crippen molar-refractivity contribution in [1.29, 1.82) is 0 Å². The molecule has 0 spiro atoms. The van der Waals surface area contributed by atoms with E-state index in [-0.39, 0.29) is 0 Å². The van der Waals surface area contributed by atoms with Crippen LogP contribution in [-0.4, -0.2) is 26.0 Å². The van der Waals surface area contributed by atoms with Crippen LogP contribution in [0.15, 0.2) is 54.0 Å². The van der Waals surface area contributed by atoms with E-state index in [1.54, 1.807) is 12.4 Å². The van der Waals surface area contributed by atoms with Gasteiger partial charge in [0.25, 0.3) is 0 Å². The molecule has 0 fully saturated rings. The number of hydrogen-bond acceptors (Lipinski definition) is 5. The van der Waals surface area contributed by atoms with E-state index in [0.717, 1.165) is 12.1 Å². The Morgan fingerprint density at radius 2 is 1.96 bits per heavy atom. The van der Waals surface area contributed by atoms with Crippen LogP contribution in [-0.2, 0) is 13.1 Å². The maximum Gasteiger partial charge on any atom is 0.143 e. The van der Waals surface area contributed by atoms with Crippen LogP contribution in [0.25, 0.3) is 0 Å². The molecule has 0 aliphatic heterocycles. The van der Waals surface area contributed by atoms with Crippen molar-refractivity contribution in [2.24, 2.45) is 4.99 Å². The van der Waals surface area contributed by atoms with Crippen LogP contribution >= 0.6 is 11.6 Å². The quantitative estimate of drug-likeness (QED) is 0.577. The number of benzene rings is 1. The smallest absolute Gasteiger partial charge is 0.143 e. The van der Waals surface area contributed by atoms with Crippen molar-refractivity contribution in [1.82, 2.24) is 19.7 Å². The molecule has 0 radical (unpaired) electrons. The molecule has 6 nitrogen and oxygen atoms in total. The second kappa shape index (κ2) is 7.02. The summed E-state index contributed by atoms with van der Waals surface area (Å²) >= 11 is 5.97. The summed E-state index contributed by atoms with van der Waals surface area (Å²) in [6.07, 6.45) is 6.64. The highest BCUT2D eigenvalue weighted by atomic mass is 35.5. The minimum Gasteiger partial charge on any atom is -0.383 e. The zero-order valence-electron chi connectivity index (χ0n) is 12.3. The predicted molar refractivity (Wildman–Crippen MR) is 90.5 cm³/mol. The molecule has 0 aliphatic rings. The van der Waals surface area contributed by atoms with Crippen molar-refractivity contribution in [3.8, 4) is 0 Å². The Bertz CT molecular complexity index is 776. The van der Waals surface area contributed by atoms with Crippen molar-refractivity contribution in [2.75, 3.05) is 5.73 Å². The summed E-state index contributed by atoms with van der Waals surface area (Å²) in [5.74, 6) is 0.323. The largest absolute Gasteiger partial charge is 0.383 e. The first-order valence-corrected chi connectivity index (χ1v) is 7.41. The van der Waals surface area contributed by atoms with Gasteiger partial charge < -0.3 is 5.73 Å². The molecular formula is C16H15ClN6. The maximum atomic E-state index is 5.97. The van der Waals surface area contributed by atoms with Gasteiger partial charge >= 0.3 is 0 Å². The van der Waals surface area contributed by atoms with Crippen molar-refractivity contribution in [2.45, 2.75) is 13.1 Å². The van der Waals surface area contributed by atoms with Gasteiger partial charge in [0.2, 0.25) is 0 Å². The fourth-order valence-corrected chi connectivity index (χ4v) is 2.27. The number of nitrogens with two attached hydrogens (primary N) is 1. The van der Waals surface area contributed by atoms with Gasteiger partial charge in [-0.2, -0.15) is 5.10 Å². The maximum absolute atomic E-state index is 5.97. The van der Waals surface area contributed by atoms with Crippen LogP contribution in [0.5, 0.6) is 0 Å². The second-order valence-electron chi connectivity index (χ2n) is 4.95. The van der Waals surface area contributed by atoms with Gasteiger partial charge in [0, 0.05) is 18.6 Å². The molecule has 0 saturated carbocycles. The molecule has 0 saturated heterocycles. The van der Waals surface area contributed by atoms with Gasteiger partial charge in [-0.3, -0.25) is 9.67 Å². The van der Waals surface area contributed by atoms with Crippen LogP contribution in [0.2, 0.25) is 5.15 Å². The van der Waals surface area contributed by atoms with Gasteiger partial charge in [-0.25, -0.2) is 9.97 Å². The fraction of sp³-hybridized carbons (Fsp3) is 0.125. The van der Waals surface area contributed by atoms with Gasteiger partial charge in [-0.15, -0.1) is 0 Å². The Morgan fingerprint density at radius 1 is 1.17 bits per heavy atom. The van der Waals surface area contributed by atoms with E-state index >= 15 is 0 Å². The fourth-order valence-electron chi connectivity index (χ4n) is 2.08. The summed E-state index contributed by atoms with van der Waals surface area (Å²) in [6, 6.07) is 10.1. The molecule has 23 heavy (non-hydrogen) atoms. The monoisotopic (exact) mass is 326 g/mol. The lowest BCUT2D eigenvalue weighted by molar-refractivity contribution is 0.686. The lowest BCUT2D eigenvalue weighted by Gasteiger charge is -2.03. The Kier molecular flexibility index (Phi) is 4.63. The van der Waals surface area contributed by atoms with Crippen molar-refractivity contribution < 1.29 is 0 Å². The summed E-state index contributed by atoms with van der Waals surface area (Å²) in [5.41, 5.74) is 8.58. The van der Waals surface area contributed by atoms with Gasteiger partial charge in [0.05, 0.1) is 18.7 Å². The van der Waals surface area contributed by atoms with Gasteiger partial charge in [-0.05, 0) is 17.2 Å². The minimum absolute atomic E-state index is 0.302. The number of nitrogen functional groups attached to an aromatic ring is 1. The number of nitrogens with zero attached hydrogens (tertiary/aromatic N) is 5. The summed E-state index contributed by atoms with van der Waals surface area (Å²) in [7, 11) is 0. The van der Waals surface area contributed by atoms with Gasteiger partial charge in [0.15, 0.2) is 0 Å². The first-order valence-electron chi connectivity index (χ1n) is 7.03. The molecule has 3 rings (SSSR count). The lowest BCUT2D eigenvalue weighted by atomic mass is 10.1. The third-order valence-corrected chi connectivity index (χ3v) is 3.59. The Hall–Kier alpha value is -2.73. The van der Waals surface area contributed by atoms with Crippen molar-refractivity contribution in [3.05, 3.63) is 70.9 Å². The first-order chi connectivity index (χ1) is 11.2. The predicted octanol–water partition coefficient (Wildman–Crippen LogP) is 2.58. The molecular weight excluding hydrogens is 312 g/mol. The summed E-state index contributed by atoms with van der Waals surface area (Å²) in [6.45, 7) is 1.29. The SMILES string of the molecule is Nc1ncnc(Cl)c1C=NCc1ccc(Cn2cccn2)cc1. The van der Waals surface area contributed by atoms with E-state index < -0.39 is 0 Å². The van der Waals surface area contributed by atoms with Gasteiger partial charge in [0.1, 0.15) is 17.3 Å². The van der Waals surface area contributed by atoms with E-state index in [2.05, 4.69) is 32.2 Å². The number of anilines is 1. The molecule has 0 unspecified atom stereocenters. The molecule has 7 heteroatoms. The van der Waals surface area contributed by atoms with E-state index in [1.165, 1.54) is 11.9 Å². The molecule has 2 aromatic heterocycles. The first kappa shape index (κ1) is 15.2. The number of aromatic nitrogens is 4. The standard InChI is InChI=1S/C16H15ClN6/c17-15-14(16(18)21-11-20-15)9-19-8-12-2-4-13(5-3-12)10-23-7-1-6-22-23/h1-7,9,11H,8,10H2,(H2,18,20,21). The van der Waals surface area contributed by atoms with Crippen LogP contribution in [0.4, 0.5) is 5.82 Å². The average molecular weight is 327 g/mol. The summed E-state index contributed by atoms with van der Waals surface area (Å²) in [4.78, 5) is 12.1.